The molecule has 0 bridgehead atoms. The number of amides is 1. The van der Waals surface area contributed by atoms with Crippen LogP contribution in [0.25, 0.3) is 0 Å². The van der Waals surface area contributed by atoms with Crippen LogP contribution in [0.4, 0.5) is 4.39 Å². The van der Waals surface area contributed by atoms with E-state index in [9.17, 15) is 14.3 Å². The fourth-order valence-corrected chi connectivity index (χ4v) is 2.11. The van der Waals surface area contributed by atoms with Gasteiger partial charge >= 0.3 is 0 Å². The number of hydrogen-bond acceptors (Lipinski definition) is 2. The highest BCUT2D eigenvalue weighted by Gasteiger charge is 2.16. The van der Waals surface area contributed by atoms with Gasteiger partial charge < -0.3 is 10.4 Å². The van der Waals surface area contributed by atoms with Crippen molar-refractivity contribution < 1.29 is 14.3 Å². The lowest BCUT2D eigenvalue weighted by molar-refractivity contribution is 0.0936. The van der Waals surface area contributed by atoms with Crippen molar-refractivity contribution in [2.45, 2.75) is 19.9 Å². The molecule has 0 heterocycles. The smallest absolute Gasteiger partial charge is 0.255 e. The largest absolute Gasteiger partial charge is 0.507 e. The molecule has 1 unspecified atom stereocenters. The molecule has 2 aromatic rings. The number of aryl methyl sites for hydroxylation is 1. The predicted octanol–water partition coefficient (Wildman–Crippen LogP) is 3.33. The molecule has 2 rings (SSSR count). The molecule has 0 aromatic heterocycles. The van der Waals surface area contributed by atoms with E-state index in [2.05, 4.69) is 5.32 Å². The molecule has 0 spiro atoms. The Balaban J connectivity index is 2.20. The van der Waals surface area contributed by atoms with Crippen LogP contribution in [0.15, 0.2) is 42.5 Å². The Hall–Kier alpha value is -2.36. The molecule has 1 amide bonds. The molecule has 20 heavy (non-hydrogen) atoms. The Bertz CT molecular complexity index is 640. The molecule has 0 aliphatic carbocycles. The van der Waals surface area contributed by atoms with E-state index in [1.165, 1.54) is 6.07 Å². The van der Waals surface area contributed by atoms with Gasteiger partial charge in [-0.15, -0.1) is 0 Å². The minimum atomic E-state index is -0.559. The van der Waals surface area contributed by atoms with Gasteiger partial charge in [-0.25, -0.2) is 4.39 Å². The van der Waals surface area contributed by atoms with Crippen molar-refractivity contribution in [1.29, 1.82) is 0 Å². The lowest BCUT2D eigenvalue weighted by Gasteiger charge is -2.17. The first kappa shape index (κ1) is 14.1. The fraction of sp³-hybridized carbons (Fsp3) is 0.188. The maximum atomic E-state index is 13.1. The Morgan fingerprint density at radius 3 is 2.65 bits per heavy atom. The molecule has 0 saturated heterocycles. The van der Waals surface area contributed by atoms with Gasteiger partial charge in [-0.3, -0.25) is 4.79 Å². The van der Waals surface area contributed by atoms with Crippen molar-refractivity contribution in [1.82, 2.24) is 5.32 Å². The Labute approximate surface area is 117 Å². The minimum absolute atomic E-state index is 0.0644. The molecule has 104 valence electrons. The van der Waals surface area contributed by atoms with Crippen molar-refractivity contribution in [3.8, 4) is 5.75 Å². The number of carbonyl (C=O) groups excluding carboxylic acids is 1. The standard InChI is InChI=1S/C16H16FNO2/c1-10-5-3-4-6-13(10)11(2)18-16(20)14-9-12(17)7-8-15(14)19/h3-9,11,19H,1-2H3,(H,18,20). The first-order chi connectivity index (χ1) is 9.49. The number of nitrogens with one attached hydrogen (secondary N) is 1. The maximum Gasteiger partial charge on any atom is 0.255 e. The summed E-state index contributed by atoms with van der Waals surface area (Å²) in [5.41, 5.74) is 1.98. The van der Waals surface area contributed by atoms with Crippen molar-refractivity contribution in [2.75, 3.05) is 0 Å². The molecule has 2 aromatic carbocycles. The summed E-state index contributed by atoms with van der Waals surface area (Å²) in [5, 5.41) is 12.4. The van der Waals surface area contributed by atoms with Crippen LogP contribution in [0, 0.1) is 12.7 Å². The number of phenolic OH excluding ortho intramolecular Hbond substituents is 1. The van der Waals surface area contributed by atoms with Crippen molar-refractivity contribution >= 4 is 5.91 Å². The average molecular weight is 273 g/mol. The Morgan fingerprint density at radius 2 is 1.95 bits per heavy atom. The fourth-order valence-electron chi connectivity index (χ4n) is 2.11. The molecule has 0 saturated carbocycles. The summed E-state index contributed by atoms with van der Waals surface area (Å²) in [7, 11) is 0. The van der Waals surface area contributed by atoms with Gasteiger partial charge in [0.15, 0.2) is 0 Å². The second-order valence-corrected chi connectivity index (χ2v) is 4.71. The third-order valence-corrected chi connectivity index (χ3v) is 3.21. The van der Waals surface area contributed by atoms with Gasteiger partial charge in [0.05, 0.1) is 11.6 Å². The van der Waals surface area contributed by atoms with Gasteiger partial charge in [0.25, 0.3) is 5.91 Å². The summed E-state index contributed by atoms with van der Waals surface area (Å²) in [5.74, 6) is -1.30. The van der Waals surface area contributed by atoms with Gasteiger partial charge in [-0.1, -0.05) is 24.3 Å². The van der Waals surface area contributed by atoms with E-state index in [-0.39, 0.29) is 17.4 Å². The number of halogens is 1. The third-order valence-electron chi connectivity index (χ3n) is 3.21. The summed E-state index contributed by atoms with van der Waals surface area (Å²) < 4.78 is 13.1. The van der Waals surface area contributed by atoms with E-state index in [0.717, 1.165) is 23.3 Å². The lowest BCUT2D eigenvalue weighted by atomic mass is 10.0. The van der Waals surface area contributed by atoms with E-state index < -0.39 is 11.7 Å². The minimum Gasteiger partial charge on any atom is -0.507 e. The average Bonchev–Trinajstić information content (AvgIpc) is 2.41. The van der Waals surface area contributed by atoms with Gasteiger partial charge in [-0.2, -0.15) is 0 Å². The molecule has 0 radical (unpaired) electrons. The number of hydrogen-bond donors (Lipinski definition) is 2. The second kappa shape index (κ2) is 5.74. The van der Waals surface area contributed by atoms with E-state index >= 15 is 0 Å². The predicted molar refractivity (Wildman–Crippen MR) is 75.1 cm³/mol. The molecule has 0 aliphatic heterocycles. The third kappa shape index (κ3) is 2.96. The molecule has 4 heteroatoms. The first-order valence-electron chi connectivity index (χ1n) is 6.34. The molecular weight excluding hydrogens is 257 g/mol. The van der Waals surface area contributed by atoms with Crippen LogP contribution >= 0.6 is 0 Å². The summed E-state index contributed by atoms with van der Waals surface area (Å²) in [6.07, 6.45) is 0. The Morgan fingerprint density at radius 1 is 1.25 bits per heavy atom. The zero-order valence-corrected chi connectivity index (χ0v) is 11.4. The maximum absolute atomic E-state index is 13.1. The van der Waals surface area contributed by atoms with Crippen LogP contribution in [0.2, 0.25) is 0 Å². The number of benzene rings is 2. The van der Waals surface area contributed by atoms with Crippen molar-refractivity contribution in [3.05, 3.63) is 65.0 Å². The monoisotopic (exact) mass is 273 g/mol. The SMILES string of the molecule is Cc1ccccc1C(C)NC(=O)c1cc(F)ccc1O. The molecule has 3 nitrogen and oxygen atoms in total. The topological polar surface area (TPSA) is 49.3 Å². The highest BCUT2D eigenvalue weighted by molar-refractivity contribution is 5.97. The normalized spacial score (nSPS) is 11.9. The van der Waals surface area contributed by atoms with E-state index in [1.807, 2.05) is 38.1 Å². The van der Waals surface area contributed by atoms with Gasteiger partial charge in [0.2, 0.25) is 0 Å². The lowest BCUT2D eigenvalue weighted by Crippen LogP contribution is -2.27. The molecular formula is C16H16FNO2. The van der Waals surface area contributed by atoms with Crippen LogP contribution in [-0.4, -0.2) is 11.0 Å². The van der Waals surface area contributed by atoms with Crippen LogP contribution in [0.1, 0.15) is 34.5 Å². The number of phenols is 1. The second-order valence-electron chi connectivity index (χ2n) is 4.71. The van der Waals surface area contributed by atoms with Crippen LogP contribution in [0.3, 0.4) is 0 Å². The molecule has 1 atom stereocenters. The van der Waals surface area contributed by atoms with Gasteiger partial charge in [-0.05, 0) is 43.2 Å². The first-order valence-corrected chi connectivity index (χ1v) is 6.34. The number of carbonyl (C=O) groups is 1. The zero-order chi connectivity index (χ0) is 14.7. The number of aromatic hydroxyl groups is 1. The van der Waals surface area contributed by atoms with Crippen LogP contribution in [-0.2, 0) is 0 Å². The zero-order valence-electron chi connectivity index (χ0n) is 11.4. The summed E-state index contributed by atoms with van der Waals surface area (Å²) >= 11 is 0. The highest BCUT2D eigenvalue weighted by atomic mass is 19.1. The van der Waals surface area contributed by atoms with Crippen molar-refractivity contribution in [2.24, 2.45) is 0 Å². The molecule has 0 aliphatic rings. The van der Waals surface area contributed by atoms with E-state index in [1.54, 1.807) is 0 Å². The summed E-state index contributed by atoms with van der Waals surface area (Å²) in [6, 6.07) is 10.8. The molecule has 0 fully saturated rings. The van der Waals surface area contributed by atoms with Gasteiger partial charge in [0, 0.05) is 0 Å². The van der Waals surface area contributed by atoms with Gasteiger partial charge in [0.1, 0.15) is 11.6 Å². The van der Waals surface area contributed by atoms with E-state index in [4.69, 9.17) is 0 Å². The van der Waals surface area contributed by atoms with Crippen LogP contribution < -0.4 is 5.32 Å². The summed E-state index contributed by atoms with van der Waals surface area (Å²) in [6.45, 7) is 3.80. The van der Waals surface area contributed by atoms with Crippen LogP contribution in [0.5, 0.6) is 5.75 Å². The van der Waals surface area contributed by atoms with E-state index in [0.29, 0.717) is 0 Å². The quantitative estimate of drug-likeness (QED) is 0.901. The Kier molecular flexibility index (Phi) is 4.03. The summed E-state index contributed by atoms with van der Waals surface area (Å²) in [4.78, 5) is 12.1. The van der Waals surface area contributed by atoms with Crippen molar-refractivity contribution in [3.63, 3.8) is 0 Å². The molecule has 2 N–H and O–H groups in total. The number of rotatable bonds is 3. The highest BCUT2D eigenvalue weighted by Crippen LogP contribution is 2.21.